The lowest BCUT2D eigenvalue weighted by atomic mass is 9.88. The second kappa shape index (κ2) is 7.28. The van der Waals surface area contributed by atoms with Crippen molar-refractivity contribution in [3.8, 4) is 0 Å². The Bertz CT molecular complexity index is 395. The predicted molar refractivity (Wildman–Crippen MR) is 83.7 cm³/mol. The number of likely N-dealkylation sites (N-methyl/N-ethyl adjacent to an activating group) is 1. The van der Waals surface area contributed by atoms with E-state index in [4.69, 9.17) is 10.2 Å². The first kappa shape index (κ1) is 15.6. The molecule has 2 N–H and O–H groups in total. The highest BCUT2D eigenvalue weighted by molar-refractivity contribution is 5.12. The molecule has 1 fully saturated rings. The van der Waals surface area contributed by atoms with Gasteiger partial charge in [0.1, 0.15) is 11.5 Å². The van der Waals surface area contributed by atoms with Gasteiger partial charge in [-0.3, -0.25) is 4.90 Å². The molecule has 1 heterocycles. The fourth-order valence-corrected chi connectivity index (χ4v) is 3.48. The van der Waals surface area contributed by atoms with Crippen molar-refractivity contribution in [1.82, 2.24) is 4.90 Å². The van der Waals surface area contributed by atoms with E-state index in [1.165, 1.54) is 32.1 Å². The van der Waals surface area contributed by atoms with Gasteiger partial charge < -0.3 is 10.2 Å². The van der Waals surface area contributed by atoms with Crippen LogP contribution >= 0.6 is 0 Å². The van der Waals surface area contributed by atoms with Crippen LogP contribution < -0.4 is 5.73 Å². The van der Waals surface area contributed by atoms with Gasteiger partial charge in [-0.2, -0.15) is 0 Å². The number of hydrogen-bond donors (Lipinski definition) is 1. The zero-order valence-electron chi connectivity index (χ0n) is 13.3. The van der Waals surface area contributed by atoms with E-state index in [1.54, 1.807) is 0 Å². The fraction of sp³-hybridized carbons (Fsp3) is 0.765. The van der Waals surface area contributed by atoms with Crippen molar-refractivity contribution in [2.24, 2.45) is 11.7 Å². The summed E-state index contributed by atoms with van der Waals surface area (Å²) in [5.41, 5.74) is 6.36. The van der Waals surface area contributed by atoms with Crippen LogP contribution in [0.15, 0.2) is 16.5 Å². The van der Waals surface area contributed by atoms with E-state index in [-0.39, 0.29) is 12.1 Å². The van der Waals surface area contributed by atoms with Gasteiger partial charge in [0, 0.05) is 12.6 Å². The number of furan rings is 1. The van der Waals surface area contributed by atoms with Gasteiger partial charge in [0.05, 0.1) is 6.04 Å². The molecule has 1 aliphatic rings. The first-order valence-corrected chi connectivity index (χ1v) is 8.14. The van der Waals surface area contributed by atoms with E-state index in [2.05, 4.69) is 24.9 Å². The van der Waals surface area contributed by atoms with Crippen LogP contribution in [0.25, 0.3) is 0 Å². The van der Waals surface area contributed by atoms with Crippen molar-refractivity contribution in [3.05, 3.63) is 23.7 Å². The molecular formula is C17H30N2O. The van der Waals surface area contributed by atoms with Crippen LogP contribution in [0.1, 0.15) is 63.0 Å². The minimum atomic E-state index is 0.133. The lowest BCUT2D eigenvalue weighted by molar-refractivity contribution is 0.143. The minimum Gasteiger partial charge on any atom is -0.465 e. The third-order valence-electron chi connectivity index (χ3n) is 4.68. The zero-order valence-corrected chi connectivity index (χ0v) is 13.3. The van der Waals surface area contributed by atoms with Crippen molar-refractivity contribution >= 4 is 0 Å². The van der Waals surface area contributed by atoms with Gasteiger partial charge in [0.25, 0.3) is 0 Å². The molecule has 0 aliphatic heterocycles. The van der Waals surface area contributed by atoms with Crippen LogP contribution in [0, 0.1) is 12.8 Å². The average Bonchev–Trinajstić information content (AvgIpc) is 2.86. The van der Waals surface area contributed by atoms with E-state index < -0.39 is 0 Å². The summed E-state index contributed by atoms with van der Waals surface area (Å²) in [5, 5.41) is 0. The van der Waals surface area contributed by atoms with E-state index in [1.807, 2.05) is 13.0 Å². The van der Waals surface area contributed by atoms with Gasteiger partial charge >= 0.3 is 0 Å². The first-order chi connectivity index (χ1) is 9.61. The molecule has 0 radical (unpaired) electrons. The summed E-state index contributed by atoms with van der Waals surface area (Å²) in [6, 6.07) is 4.47. The molecule has 2 atom stereocenters. The summed E-state index contributed by atoms with van der Waals surface area (Å²) >= 11 is 0. The Hall–Kier alpha value is -0.800. The second-order valence-corrected chi connectivity index (χ2v) is 6.41. The van der Waals surface area contributed by atoms with Crippen molar-refractivity contribution in [1.29, 1.82) is 0 Å². The Morgan fingerprint density at radius 1 is 1.30 bits per heavy atom. The quantitative estimate of drug-likeness (QED) is 0.858. The van der Waals surface area contributed by atoms with E-state index in [0.29, 0.717) is 0 Å². The Morgan fingerprint density at radius 3 is 2.55 bits per heavy atom. The summed E-state index contributed by atoms with van der Waals surface area (Å²) in [5.74, 6) is 2.82. The highest BCUT2D eigenvalue weighted by Gasteiger charge is 2.28. The molecule has 1 saturated carbocycles. The molecule has 3 heteroatoms. The van der Waals surface area contributed by atoms with Crippen LogP contribution in [0.5, 0.6) is 0 Å². The molecule has 1 aliphatic carbocycles. The lowest BCUT2D eigenvalue weighted by Crippen LogP contribution is -2.41. The van der Waals surface area contributed by atoms with Crippen molar-refractivity contribution in [2.75, 3.05) is 13.6 Å². The van der Waals surface area contributed by atoms with Gasteiger partial charge in [-0.05, 0) is 51.3 Å². The van der Waals surface area contributed by atoms with Crippen molar-refractivity contribution in [3.63, 3.8) is 0 Å². The molecule has 114 valence electrons. The van der Waals surface area contributed by atoms with Gasteiger partial charge in [0.15, 0.2) is 0 Å². The standard InChI is InChI=1S/C17H30N2O/c1-4-15(18)17(16-11-10-13(2)20-16)19(3)12-14-8-6-5-7-9-14/h10-11,14-15,17H,4-9,12,18H2,1-3H3. The average molecular weight is 278 g/mol. The molecular weight excluding hydrogens is 248 g/mol. The van der Waals surface area contributed by atoms with E-state index >= 15 is 0 Å². The number of nitrogens with two attached hydrogens (primary N) is 1. The smallest absolute Gasteiger partial charge is 0.122 e. The molecule has 3 nitrogen and oxygen atoms in total. The van der Waals surface area contributed by atoms with Gasteiger partial charge in [0.2, 0.25) is 0 Å². The Labute approximate surface area is 123 Å². The molecule has 1 aromatic heterocycles. The number of hydrogen-bond acceptors (Lipinski definition) is 3. The topological polar surface area (TPSA) is 42.4 Å². The van der Waals surface area contributed by atoms with Crippen LogP contribution in [0.4, 0.5) is 0 Å². The first-order valence-electron chi connectivity index (χ1n) is 8.14. The van der Waals surface area contributed by atoms with Gasteiger partial charge in [-0.25, -0.2) is 0 Å². The van der Waals surface area contributed by atoms with Crippen molar-refractivity contribution in [2.45, 2.75) is 64.5 Å². The lowest BCUT2D eigenvalue weighted by Gasteiger charge is -2.34. The van der Waals surface area contributed by atoms with Gasteiger partial charge in [-0.1, -0.05) is 26.2 Å². The molecule has 0 saturated heterocycles. The minimum absolute atomic E-state index is 0.133. The SMILES string of the molecule is CCC(N)C(c1ccc(C)o1)N(C)CC1CCCCC1. The van der Waals surface area contributed by atoms with Crippen LogP contribution in [0.2, 0.25) is 0 Å². The van der Waals surface area contributed by atoms with Crippen LogP contribution in [0.3, 0.4) is 0 Å². The largest absolute Gasteiger partial charge is 0.465 e. The maximum atomic E-state index is 6.36. The molecule has 0 aromatic carbocycles. The van der Waals surface area contributed by atoms with Gasteiger partial charge in [-0.15, -0.1) is 0 Å². The molecule has 0 spiro atoms. The summed E-state index contributed by atoms with van der Waals surface area (Å²) < 4.78 is 5.86. The zero-order chi connectivity index (χ0) is 14.5. The summed E-state index contributed by atoms with van der Waals surface area (Å²) in [6.07, 6.45) is 7.91. The maximum absolute atomic E-state index is 6.36. The molecule has 20 heavy (non-hydrogen) atoms. The fourth-order valence-electron chi connectivity index (χ4n) is 3.48. The van der Waals surface area contributed by atoms with E-state index in [9.17, 15) is 0 Å². The summed E-state index contributed by atoms with van der Waals surface area (Å²) in [7, 11) is 2.20. The maximum Gasteiger partial charge on any atom is 0.122 e. The highest BCUT2D eigenvalue weighted by Crippen LogP contribution is 2.30. The van der Waals surface area contributed by atoms with Crippen LogP contribution in [-0.2, 0) is 0 Å². The third-order valence-corrected chi connectivity index (χ3v) is 4.68. The number of rotatable bonds is 6. The highest BCUT2D eigenvalue weighted by atomic mass is 16.3. The molecule has 0 bridgehead atoms. The van der Waals surface area contributed by atoms with Crippen LogP contribution in [-0.4, -0.2) is 24.5 Å². The monoisotopic (exact) mass is 278 g/mol. The number of nitrogens with zero attached hydrogens (tertiary/aromatic N) is 1. The third kappa shape index (κ3) is 3.86. The Morgan fingerprint density at radius 2 is 2.00 bits per heavy atom. The predicted octanol–water partition coefficient (Wildman–Crippen LogP) is 3.88. The normalized spacial score (nSPS) is 20.2. The van der Waals surface area contributed by atoms with E-state index in [0.717, 1.165) is 30.4 Å². The second-order valence-electron chi connectivity index (χ2n) is 6.41. The van der Waals surface area contributed by atoms with Crippen molar-refractivity contribution < 1.29 is 4.42 Å². The number of aryl methyl sites for hydroxylation is 1. The summed E-state index contributed by atoms with van der Waals surface area (Å²) in [6.45, 7) is 5.29. The molecule has 2 unspecified atom stereocenters. The summed E-state index contributed by atoms with van der Waals surface area (Å²) in [4.78, 5) is 2.42. The Balaban J connectivity index is 2.05. The molecule has 0 amide bonds. The molecule has 2 rings (SSSR count). The Kier molecular flexibility index (Phi) is 5.67. The molecule has 1 aromatic rings.